The quantitative estimate of drug-likeness (QED) is 0.625. The summed E-state index contributed by atoms with van der Waals surface area (Å²) in [5, 5.41) is 23.8. The van der Waals surface area contributed by atoms with Crippen molar-refractivity contribution in [2.24, 2.45) is 0 Å². The molecule has 1 saturated heterocycles. The number of aliphatic hydroxyl groups excluding tert-OH is 1. The minimum Gasteiger partial charge on any atom is -0.390 e. The van der Waals surface area contributed by atoms with Crippen LogP contribution >= 0.6 is 0 Å². The van der Waals surface area contributed by atoms with E-state index in [0.29, 0.717) is 18.7 Å². The molecular formula is C27H30N2O3. The van der Waals surface area contributed by atoms with Crippen molar-refractivity contribution in [1.29, 1.82) is 0 Å². The first-order chi connectivity index (χ1) is 15.5. The number of piperidine rings is 1. The maximum absolute atomic E-state index is 13.1. The maximum Gasteiger partial charge on any atom is 0.256 e. The molecule has 3 aromatic rings. The molecule has 5 rings (SSSR count). The fraction of sp³-hybridized carbons (Fsp3) is 0.370. The molecule has 0 radical (unpaired) electrons. The minimum absolute atomic E-state index is 0.113. The highest BCUT2D eigenvalue weighted by molar-refractivity contribution is 6.10. The number of hydrogen-bond donors (Lipinski definition) is 2. The van der Waals surface area contributed by atoms with Crippen LogP contribution < -0.4 is 0 Å². The van der Waals surface area contributed by atoms with Crippen LogP contribution in [0.5, 0.6) is 0 Å². The monoisotopic (exact) mass is 430 g/mol. The Hall–Kier alpha value is -2.73. The molecule has 1 atom stereocenters. The van der Waals surface area contributed by atoms with Crippen LogP contribution in [0.2, 0.25) is 0 Å². The summed E-state index contributed by atoms with van der Waals surface area (Å²) in [6.45, 7) is 2.76. The van der Waals surface area contributed by atoms with Crippen molar-refractivity contribution in [3.63, 3.8) is 0 Å². The Kier molecular flexibility index (Phi) is 5.72. The Morgan fingerprint density at radius 2 is 1.62 bits per heavy atom. The van der Waals surface area contributed by atoms with E-state index in [1.165, 1.54) is 5.56 Å². The average molecular weight is 431 g/mol. The third-order valence-corrected chi connectivity index (χ3v) is 7.17. The number of nitrogens with zero attached hydrogens (tertiary/aromatic N) is 2. The summed E-state index contributed by atoms with van der Waals surface area (Å²) in [7, 11) is 0. The van der Waals surface area contributed by atoms with Crippen molar-refractivity contribution < 1.29 is 15.0 Å². The van der Waals surface area contributed by atoms with Crippen LogP contribution in [0.4, 0.5) is 0 Å². The number of aliphatic hydroxyl groups is 2. The molecule has 5 nitrogen and oxygen atoms in total. The van der Waals surface area contributed by atoms with E-state index < -0.39 is 11.8 Å². The van der Waals surface area contributed by atoms with Gasteiger partial charge >= 0.3 is 0 Å². The van der Waals surface area contributed by atoms with Crippen LogP contribution in [0.15, 0.2) is 66.7 Å². The molecule has 5 heteroatoms. The van der Waals surface area contributed by atoms with Gasteiger partial charge in [0.1, 0.15) is 0 Å². The lowest BCUT2D eigenvalue weighted by Gasteiger charge is -2.40. The Morgan fingerprint density at radius 1 is 0.906 bits per heavy atom. The van der Waals surface area contributed by atoms with E-state index in [9.17, 15) is 15.0 Å². The smallest absolute Gasteiger partial charge is 0.256 e. The molecule has 2 N–H and O–H groups in total. The molecule has 1 amide bonds. The minimum atomic E-state index is -0.923. The lowest BCUT2D eigenvalue weighted by atomic mass is 9.86. The normalized spacial score (nSPS) is 20.6. The van der Waals surface area contributed by atoms with Crippen LogP contribution in [0, 0.1) is 0 Å². The summed E-state index contributed by atoms with van der Waals surface area (Å²) in [6, 6.07) is 21.8. The summed E-state index contributed by atoms with van der Waals surface area (Å²) >= 11 is 0. The van der Waals surface area contributed by atoms with E-state index >= 15 is 0 Å². The second kappa shape index (κ2) is 8.66. The van der Waals surface area contributed by atoms with Crippen LogP contribution in [0.3, 0.4) is 0 Å². The van der Waals surface area contributed by atoms with E-state index in [2.05, 4.69) is 17.0 Å². The van der Waals surface area contributed by atoms with E-state index in [1.54, 1.807) is 4.90 Å². The standard InChI is InChI=1S/C27H30N2O3/c30-25-22-10-4-8-21-9-5-11-23(24(21)22)26(31)29(25)19-18-28-16-14-27(32,15-17-28)13-12-20-6-2-1-3-7-20/h1-11,25,30,32H,12-19H2. The molecule has 2 aliphatic heterocycles. The Morgan fingerprint density at radius 3 is 2.38 bits per heavy atom. The fourth-order valence-electron chi connectivity index (χ4n) is 5.13. The highest BCUT2D eigenvalue weighted by Crippen LogP contribution is 2.35. The van der Waals surface area contributed by atoms with Gasteiger partial charge in [0, 0.05) is 42.7 Å². The Bertz CT molecular complexity index is 1100. The largest absolute Gasteiger partial charge is 0.390 e. The van der Waals surface area contributed by atoms with Crippen molar-refractivity contribution >= 4 is 16.7 Å². The zero-order chi connectivity index (χ0) is 22.1. The zero-order valence-electron chi connectivity index (χ0n) is 18.3. The van der Waals surface area contributed by atoms with Crippen LogP contribution in [-0.2, 0) is 6.42 Å². The van der Waals surface area contributed by atoms with E-state index in [4.69, 9.17) is 0 Å². The zero-order valence-corrected chi connectivity index (χ0v) is 18.3. The molecule has 2 aliphatic rings. The van der Waals surface area contributed by atoms with Crippen molar-refractivity contribution in [1.82, 2.24) is 9.80 Å². The molecular weight excluding hydrogens is 400 g/mol. The molecule has 2 heterocycles. The summed E-state index contributed by atoms with van der Waals surface area (Å²) < 4.78 is 0. The first kappa shape index (κ1) is 21.1. The number of hydrogen-bond acceptors (Lipinski definition) is 4. The maximum atomic E-state index is 13.1. The van der Waals surface area contributed by atoms with E-state index in [0.717, 1.165) is 55.1 Å². The predicted molar refractivity (Wildman–Crippen MR) is 125 cm³/mol. The average Bonchev–Trinajstić information content (AvgIpc) is 2.83. The fourth-order valence-corrected chi connectivity index (χ4v) is 5.13. The molecule has 1 unspecified atom stereocenters. The highest BCUT2D eigenvalue weighted by atomic mass is 16.3. The number of benzene rings is 3. The molecule has 0 bridgehead atoms. The van der Waals surface area contributed by atoms with E-state index in [-0.39, 0.29) is 5.91 Å². The third kappa shape index (κ3) is 4.04. The number of amides is 1. The van der Waals surface area contributed by atoms with Gasteiger partial charge in [-0.15, -0.1) is 0 Å². The van der Waals surface area contributed by atoms with Gasteiger partial charge in [0.15, 0.2) is 6.23 Å². The van der Waals surface area contributed by atoms with Crippen LogP contribution in [0.1, 0.15) is 47.0 Å². The van der Waals surface area contributed by atoms with Gasteiger partial charge in [0.05, 0.1) is 5.60 Å². The predicted octanol–water partition coefficient (Wildman–Crippen LogP) is 3.75. The van der Waals surface area contributed by atoms with Crippen molar-refractivity contribution in [3.8, 4) is 0 Å². The number of carbonyl (C=O) groups excluding carboxylic acids is 1. The number of rotatable bonds is 6. The molecule has 32 heavy (non-hydrogen) atoms. The Balaban J connectivity index is 1.19. The molecule has 166 valence electrons. The number of aryl methyl sites for hydroxylation is 1. The summed E-state index contributed by atoms with van der Waals surface area (Å²) in [6.07, 6.45) is 2.21. The van der Waals surface area contributed by atoms with Crippen LogP contribution in [0.25, 0.3) is 10.8 Å². The first-order valence-electron chi connectivity index (χ1n) is 11.5. The van der Waals surface area contributed by atoms with Gasteiger partial charge in [-0.05, 0) is 42.7 Å². The second-order valence-corrected chi connectivity index (χ2v) is 9.17. The van der Waals surface area contributed by atoms with Crippen LogP contribution in [-0.4, -0.2) is 57.7 Å². The molecule has 0 aromatic heterocycles. The SMILES string of the molecule is O=C1c2cccc3cccc(c23)C(O)N1CCN1CCC(O)(CCc2ccccc2)CC1. The Labute approximate surface area is 188 Å². The van der Waals surface area contributed by atoms with Crippen molar-refractivity contribution in [2.75, 3.05) is 26.2 Å². The van der Waals surface area contributed by atoms with Gasteiger partial charge in [-0.1, -0.05) is 60.7 Å². The molecule has 0 saturated carbocycles. The van der Waals surface area contributed by atoms with Gasteiger partial charge in [0.2, 0.25) is 0 Å². The van der Waals surface area contributed by atoms with E-state index in [1.807, 2.05) is 54.6 Å². The summed E-state index contributed by atoms with van der Waals surface area (Å²) in [5.41, 5.74) is 2.10. The van der Waals surface area contributed by atoms with Crippen molar-refractivity contribution in [3.05, 3.63) is 83.4 Å². The van der Waals surface area contributed by atoms with Gasteiger partial charge in [-0.2, -0.15) is 0 Å². The molecule has 0 spiro atoms. The first-order valence-corrected chi connectivity index (χ1v) is 11.5. The lowest BCUT2D eigenvalue weighted by molar-refractivity contribution is -0.0345. The summed E-state index contributed by atoms with van der Waals surface area (Å²) in [4.78, 5) is 17.0. The number of likely N-dealkylation sites (tertiary alicyclic amines) is 1. The molecule has 0 aliphatic carbocycles. The van der Waals surface area contributed by atoms with Gasteiger partial charge < -0.3 is 20.0 Å². The van der Waals surface area contributed by atoms with Gasteiger partial charge in [-0.25, -0.2) is 0 Å². The van der Waals surface area contributed by atoms with Crippen molar-refractivity contribution in [2.45, 2.75) is 37.5 Å². The molecule has 1 fully saturated rings. The van der Waals surface area contributed by atoms with Gasteiger partial charge in [-0.3, -0.25) is 4.79 Å². The number of carbonyl (C=O) groups is 1. The second-order valence-electron chi connectivity index (χ2n) is 9.17. The highest BCUT2D eigenvalue weighted by Gasteiger charge is 2.35. The van der Waals surface area contributed by atoms with Gasteiger partial charge in [0.25, 0.3) is 5.91 Å². The summed E-state index contributed by atoms with van der Waals surface area (Å²) in [5.74, 6) is -0.113. The topological polar surface area (TPSA) is 64.0 Å². The third-order valence-electron chi connectivity index (χ3n) is 7.17. The lowest BCUT2D eigenvalue weighted by Crippen LogP contribution is -2.48. The molecule has 3 aromatic carbocycles.